The van der Waals surface area contributed by atoms with Gasteiger partial charge in [-0.25, -0.2) is 0 Å². The van der Waals surface area contributed by atoms with E-state index in [1.54, 1.807) is 0 Å². The zero-order chi connectivity index (χ0) is 17.0. The lowest BCUT2D eigenvalue weighted by Crippen LogP contribution is -2.18. The molecule has 0 aromatic heterocycles. The Morgan fingerprint density at radius 2 is 1.50 bits per heavy atom. The van der Waals surface area contributed by atoms with E-state index in [0.717, 1.165) is 18.1 Å². The second kappa shape index (κ2) is 6.98. The van der Waals surface area contributed by atoms with Gasteiger partial charge in [-0.3, -0.25) is 0 Å². The summed E-state index contributed by atoms with van der Waals surface area (Å²) in [4.78, 5) is 0. The molecule has 1 aliphatic rings. The van der Waals surface area contributed by atoms with Gasteiger partial charge in [0.15, 0.2) is 0 Å². The molecule has 1 atom stereocenters. The second-order valence-corrected chi connectivity index (χ2v) is 6.43. The SMILES string of the molecule is C#CCOc1ccc(C(C)(C)c2ccc(OC[C@H]3CO3)cc2)cc1. The second-order valence-electron chi connectivity index (χ2n) is 6.43. The lowest BCUT2D eigenvalue weighted by Gasteiger charge is -2.26. The average Bonchev–Trinajstić information content (AvgIpc) is 3.43. The van der Waals surface area contributed by atoms with Gasteiger partial charge in [0.25, 0.3) is 0 Å². The van der Waals surface area contributed by atoms with Crippen LogP contribution in [0.1, 0.15) is 25.0 Å². The summed E-state index contributed by atoms with van der Waals surface area (Å²) in [5.41, 5.74) is 2.34. The van der Waals surface area contributed by atoms with Gasteiger partial charge in [-0.1, -0.05) is 44.0 Å². The first-order chi connectivity index (χ1) is 11.6. The van der Waals surface area contributed by atoms with Crippen LogP contribution in [0.4, 0.5) is 0 Å². The van der Waals surface area contributed by atoms with E-state index >= 15 is 0 Å². The molecule has 0 N–H and O–H groups in total. The molecule has 3 heteroatoms. The number of terminal acetylenes is 1. The first kappa shape index (κ1) is 16.4. The number of hydrogen-bond acceptors (Lipinski definition) is 3. The molecule has 0 spiro atoms. The predicted molar refractivity (Wildman–Crippen MR) is 94.6 cm³/mol. The van der Waals surface area contributed by atoms with Gasteiger partial charge >= 0.3 is 0 Å². The maximum Gasteiger partial charge on any atom is 0.148 e. The minimum Gasteiger partial charge on any atom is -0.491 e. The van der Waals surface area contributed by atoms with Crippen molar-refractivity contribution in [1.29, 1.82) is 0 Å². The van der Waals surface area contributed by atoms with Crippen LogP contribution in [-0.2, 0) is 10.2 Å². The highest BCUT2D eigenvalue weighted by Crippen LogP contribution is 2.33. The van der Waals surface area contributed by atoms with Crippen LogP contribution < -0.4 is 9.47 Å². The lowest BCUT2D eigenvalue weighted by molar-refractivity contribution is 0.263. The molecule has 2 aromatic carbocycles. The normalized spacial score (nSPS) is 16.3. The molecule has 124 valence electrons. The van der Waals surface area contributed by atoms with Gasteiger partial charge < -0.3 is 14.2 Å². The smallest absolute Gasteiger partial charge is 0.148 e. The summed E-state index contributed by atoms with van der Waals surface area (Å²) in [5, 5.41) is 0. The van der Waals surface area contributed by atoms with Crippen molar-refractivity contribution in [3.05, 3.63) is 59.7 Å². The van der Waals surface area contributed by atoms with Crippen LogP contribution in [0, 0.1) is 12.3 Å². The van der Waals surface area contributed by atoms with E-state index in [-0.39, 0.29) is 18.1 Å². The van der Waals surface area contributed by atoms with Crippen LogP contribution in [0.15, 0.2) is 48.5 Å². The molecule has 0 radical (unpaired) electrons. The molecule has 1 fully saturated rings. The Bertz CT molecular complexity index is 704. The average molecular weight is 322 g/mol. The number of hydrogen-bond donors (Lipinski definition) is 0. The van der Waals surface area contributed by atoms with E-state index in [0.29, 0.717) is 6.61 Å². The first-order valence-corrected chi connectivity index (χ1v) is 8.11. The lowest BCUT2D eigenvalue weighted by atomic mass is 9.78. The third-order valence-corrected chi connectivity index (χ3v) is 4.31. The summed E-state index contributed by atoms with van der Waals surface area (Å²) >= 11 is 0. The quantitative estimate of drug-likeness (QED) is 0.574. The molecule has 0 aliphatic carbocycles. The van der Waals surface area contributed by atoms with Crippen molar-refractivity contribution >= 4 is 0 Å². The van der Waals surface area contributed by atoms with Crippen molar-refractivity contribution in [3.8, 4) is 23.8 Å². The summed E-state index contributed by atoms with van der Waals surface area (Å²) in [7, 11) is 0. The van der Waals surface area contributed by atoms with Gasteiger partial charge in [0.1, 0.15) is 30.8 Å². The number of benzene rings is 2. The van der Waals surface area contributed by atoms with Crippen molar-refractivity contribution in [2.45, 2.75) is 25.4 Å². The molecule has 24 heavy (non-hydrogen) atoms. The molecule has 2 aromatic rings. The van der Waals surface area contributed by atoms with E-state index in [2.05, 4.69) is 44.0 Å². The zero-order valence-corrected chi connectivity index (χ0v) is 14.1. The Balaban J connectivity index is 1.70. The van der Waals surface area contributed by atoms with Crippen molar-refractivity contribution in [2.24, 2.45) is 0 Å². The highest BCUT2D eigenvalue weighted by molar-refractivity contribution is 5.41. The van der Waals surface area contributed by atoms with E-state index in [1.165, 1.54) is 11.1 Å². The molecule has 0 bridgehead atoms. The molecule has 1 heterocycles. The summed E-state index contributed by atoms with van der Waals surface area (Å²) in [5.74, 6) is 4.14. The fourth-order valence-electron chi connectivity index (χ4n) is 2.58. The van der Waals surface area contributed by atoms with Crippen LogP contribution in [-0.4, -0.2) is 25.9 Å². The molecule has 0 amide bonds. The van der Waals surface area contributed by atoms with Crippen molar-refractivity contribution < 1.29 is 14.2 Å². The summed E-state index contributed by atoms with van der Waals surface area (Å²) < 4.78 is 16.3. The van der Waals surface area contributed by atoms with Crippen LogP contribution in [0.2, 0.25) is 0 Å². The largest absolute Gasteiger partial charge is 0.491 e. The molecular weight excluding hydrogens is 300 g/mol. The van der Waals surface area contributed by atoms with Gasteiger partial charge in [-0.2, -0.15) is 0 Å². The Morgan fingerprint density at radius 1 is 1.00 bits per heavy atom. The topological polar surface area (TPSA) is 31.0 Å². The summed E-state index contributed by atoms with van der Waals surface area (Å²) in [6.07, 6.45) is 5.49. The van der Waals surface area contributed by atoms with Gasteiger partial charge in [-0.05, 0) is 35.4 Å². The molecule has 0 unspecified atom stereocenters. The minimum absolute atomic E-state index is 0.108. The maximum absolute atomic E-state index is 5.70. The van der Waals surface area contributed by atoms with Gasteiger partial charge in [0.05, 0.1) is 6.61 Å². The molecule has 3 rings (SSSR count). The van der Waals surface area contributed by atoms with Gasteiger partial charge in [0.2, 0.25) is 0 Å². The van der Waals surface area contributed by atoms with Crippen molar-refractivity contribution in [2.75, 3.05) is 19.8 Å². The minimum atomic E-state index is -0.108. The van der Waals surface area contributed by atoms with Gasteiger partial charge in [0, 0.05) is 5.41 Å². The molecular formula is C21H22O3. The molecule has 1 saturated heterocycles. The fourth-order valence-corrected chi connectivity index (χ4v) is 2.58. The summed E-state index contributed by atoms with van der Waals surface area (Å²) in [6, 6.07) is 16.4. The van der Waals surface area contributed by atoms with E-state index in [9.17, 15) is 0 Å². The van der Waals surface area contributed by atoms with Gasteiger partial charge in [-0.15, -0.1) is 6.42 Å². The third-order valence-electron chi connectivity index (χ3n) is 4.31. The Hall–Kier alpha value is -2.44. The highest BCUT2D eigenvalue weighted by Gasteiger charge is 2.24. The van der Waals surface area contributed by atoms with E-state index in [4.69, 9.17) is 20.6 Å². The van der Waals surface area contributed by atoms with Crippen LogP contribution in [0.3, 0.4) is 0 Å². The number of ether oxygens (including phenoxy) is 3. The predicted octanol–water partition coefficient (Wildman–Crippen LogP) is 3.80. The van der Waals surface area contributed by atoms with Crippen LogP contribution in [0.5, 0.6) is 11.5 Å². The standard InChI is InChI=1S/C21H22O3/c1-4-13-22-18-9-5-16(6-10-18)21(2,3)17-7-11-19(12-8-17)23-14-20-15-24-20/h1,5-12,20H,13-15H2,2-3H3/t20-/m0/s1. The van der Waals surface area contributed by atoms with E-state index < -0.39 is 0 Å². The third kappa shape index (κ3) is 3.90. The molecule has 1 aliphatic heterocycles. The Morgan fingerprint density at radius 3 is 1.96 bits per heavy atom. The number of epoxide rings is 1. The summed E-state index contributed by atoms with van der Waals surface area (Å²) in [6.45, 7) is 6.14. The monoisotopic (exact) mass is 322 g/mol. The first-order valence-electron chi connectivity index (χ1n) is 8.11. The Kier molecular flexibility index (Phi) is 4.78. The van der Waals surface area contributed by atoms with Crippen LogP contribution >= 0.6 is 0 Å². The van der Waals surface area contributed by atoms with E-state index in [1.807, 2.05) is 24.3 Å². The van der Waals surface area contributed by atoms with Crippen molar-refractivity contribution in [3.63, 3.8) is 0 Å². The zero-order valence-electron chi connectivity index (χ0n) is 14.1. The molecule has 3 nitrogen and oxygen atoms in total. The Labute approximate surface area is 143 Å². The maximum atomic E-state index is 5.70. The highest BCUT2D eigenvalue weighted by atomic mass is 16.6. The van der Waals surface area contributed by atoms with Crippen LogP contribution in [0.25, 0.3) is 0 Å². The molecule has 0 saturated carbocycles. The number of rotatable bonds is 7. The van der Waals surface area contributed by atoms with Crippen molar-refractivity contribution in [1.82, 2.24) is 0 Å². The fraction of sp³-hybridized carbons (Fsp3) is 0.333.